The van der Waals surface area contributed by atoms with E-state index in [1.54, 1.807) is 56.3 Å². The molecule has 9 heteroatoms. The average molecular weight is 499 g/mol. The molecule has 0 fully saturated rings. The van der Waals surface area contributed by atoms with Crippen LogP contribution in [0, 0.1) is 0 Å². The molecule has 0 amide bonds. The van der Waals surface area contributed by atoms with E-state index in [4.69, 9.17) is 21.1 Å². The van der Waals surface area contributed by atoms with Crippen LogP contribution in [0.15, 0.2) is 63.5 Å². The van der Waals surface area contributed by atoms with Gasteiger partial charge in [0.15, 0.2) is 16.3 Å². The van der Waals surface area contributed by atoms with Gasteiger partial charge >= 0.3 is 5.97 Å². The van der Waals surface area contributed by atoms with E-state index in [-0.39, 0.29) is 23.5 Å². The predicted molar refractivity (Wildman–Crippen MR) is 131 cm³/mol. The van der Waals surface area contributed by atoms with Gasteiger partial charge in [0.25, 0.3) is 5.56 Å². The fourth-order valence-electron chi connectivity index (χ4n) is 3.83. The lowest BCUT2D eigenvalue weighted by Gasteiger charge is -2.25. The number of thiazole rings is 1. The van der Waals surface area contributed by atoms with E-state index in [9.17, 15) is 14.7 Å². The van der Waals surface area contributed by atoms with Crippen LogP contribution in [0.5, 0.6) is 11.5 Å². The zero-order valence-electron chi connectivity index (χ0n) is 18.9. The molecule has 1 aromatic heterocycles. The lowest BCUT2D eigenvalue weighted by Crippen LogP contribution is -2.40. The van der Waals surface area contributed by atoms with Crippen molar-refractivity contribution in [1.82, 2.24) is 4.57 Å². The molecule has 0 bridgehead atoms. The molecule has 4 rings (SSSR count). The number of esters is 1. The molecular weight excluding hydrogens is 476 g/mol. The third-order valence-electron chi connectivity index (χ3n) is 5.30. The Morgan fingerprint density at radius 2 is 2.00 bits per heavy atom. The highest BCUT2D eigenvalue weighted by molar-refractivity contribution is 7.07. The number of hydrogen-bond donors (Lipinski definition) is 1. The molecule has 1 unspecified atom stereocenters. The SMILES string of the molecule is CCOC(=O)C1=C(C)N=c2sc(=Cc3ccc(O)c(OCC)c3)c(=O)n2C1c1ccccc1Cl. The number of aromatic hydroxyl groups is 1. The zero-order chi connectivity index (χ0) is 24.4. The minimum atomic E-state index is -0.773. The molecule has 2 heterocycles. The van der Waals surface area contributed by atoms with Gasteiger partial charge in [-0.2, -0.15) is 0 Å². The monoisotopic (exact) mass is 498 g/mol. The molecule has 1 atom stereocenters. The number of hydrogen-bond acceptors (Lipinski definition) is 7. The number of carbonyl (C=O) groups excluding carboxylic acids is 1. The summed E-state index contributed by atoms with van der Waals surface area (Å²) >= 11 is 7.72. The fourth-order valence-corrected chi connectivity index (χ4v) is 5.11. The van der Waals surface area contributed by atoms with Crippen LogP contribution >= 0.6 is 22.9 Å². The topological polar surface area (TPSA) is 90.1 Å². The third kappa shape index (κ3) is 4.38. The van der Waals surface area contributed by atoms with E-state index >= 15 is 0 Å². The first-order valence-corrected chi connectivity index (χ1v) is 11.9. The second kappa shape index (κ2) is 9.87. The summed E-state index contributed by atoms with van der Waals surface area (Å²) < 4.78 is 12.6. The maximum Gasteiger partial charge on any atom is 0.338 e. The summed E-state index contributed by atoms with van der Waals surface area (Å²) in [5, 5.41) is 10.4. The number of fused-ring (bicyclic) bond motifs is 1. The van der Waals surface area contributed by atoms with Crippen molar-refractivity contribution in [3.05, 3.63) is 89.6 Å². The largest absolute Gasteiger partial charge is 0.504 e. The van der Waals surface area contributed by atoms with Gasteiger partial charge in [-0.05, 0) is 56.2 Å². The Labute approximate surface area is 204 Å². The summed E-state index contributed by atoms with van der Waals surface area (Å²) in [5.74, 6) is -0.185. The second-order valence-electron chi connectivity index (χ2n) is 7.48. The van der Waals surface area contributed by atoms with Crippen LogP contribution in [0.1, 0.15) is 37.9 Å². The van der Waals surface area contributed by atoms with E-state index in [1.807, 2.05) is 6.92 Å². The molecule has 2 aromatic carbocycles. The molecular formula is C25H23ClN2O5S. The summed E-state index contributed by atoms with van der Waals surface area (Å²) in [7, 11) is 0. The Kier molecular flexibility index (Phi) is 6.90. The zero-order valence-corrected chi connectivity index (χ0v) is 20.4. The van der Waals surface area contributed by atoms with Gasteiger partial charge in [0.1, 0.15) is 6.04 Å². The maximum absolute atomic E-state index is 13.6. The van der Waals surface area contributed by atoms with E-state index in [0.29, 0.717) is 43.5 Å². The van der Waals surface area contributed by atoms with Crippen molar-refractivity contribution in [2.45, 2.75) is 26.8 Å². The van der Waals surface area contributed by atoms with Crippen LogP contribution in [-0.2, 0) is 9.53 Å². The van der Waals surface area contributed by atoms with Gasteiger partial charge in [-0.1, -0.05) is 47.2 Å². The molecule has 0 radical (unpaired) electrons. The predicted octanol–water partition coefficient (Wildman–Crippen LogP) is 3.56. The standard InChI is InChI=1S/C25H23ClN2O5S/c1-4-32-19-12-15(10-11-18(19)29)13-20-23(30)28-22(16-8-6-7-9-17(16)26)21(24(31)33-5-2)14(3)27-25(28)34-20/h6-13,22,29H,4-5H2,1-3H3. The smallest absolute Gasteiger partial charge is 0.338 e. The molecule has 0 saturated carbocycles. The van der Waals surface area contributed by atoms with Crippen molar-refractivity contribution in [3.63, 3.8) is 0 Å². The molecule has 3 aromatic rings. The minimum absolute atomic E-state index is 0.0221. The molecule has 1 N–H and O–H groups in total. The highest BCUT2D eigenvalue weighted by Crippen LogP contribution is 2.34. The summed E-state index contributed by atoms with van der Waals surface area (Å²) in [6.07, 6.45) is 1.71. The van der Waals surface area contributed by atoms with E-state index < -0.39 is 12.0 Å². The molecule has 0 spiro atoms. The van der Waals surface area contributed by atoms with Crippen molar-refractivity contribution in [1.29, 1.82) is 0 Å². The van der Waals surface area contributed by atoms with Crippen LogP contribution in [0.4, 0.5) is 0 Å². The Hall–Kier alpha value is -3.36. The summed E-state index contributed by atoms with van der Waals surface area (Å²) in [6.45, 7) is 5.86. The van der Waals surface area contributed by atoms with Gasteiger partial charge in [-0.15, -0.1) is 0 Å². The molecule has 34 heavy (non-hydrogen) atoms. The van der Waals surface area contributed by atoms with Crippen molar-refractivity contribution in [2.75, 3.05) is 13.2 Å². The summed E-state index contributed by atoms with van der Waals surface area (Å²) in [4.78, 5) is 31.5. The number of nitrogens with zero attached hydrogens (tertiary/aromatic N) is 2. The Balaban J connectivity index is 1.94. The third-order valence-corrected chi connectivity index (χ3v) is 6.63. The fraction of sp³-hybridized carbons (Fsp3) is 0.240. The molecule has 1 aliphatic heterocycles. The number of carbonyl (C=O) groups is 1. The highest BCUT2D eigenvalue weighted by atomic mass is 35.5. The average Bonchev–Trinajstić information content (AvgIpc) is 3.10. The first-order chi connectivity index (χ1) is 16.3. The van der Waals surface area contributed by atoms with E-state index in [0.717, 1.165) is 0 Å². The van der Waals surface area contributed by atoms with Crippen molar-refractivity contribution < 1.29 is 19.4 Å². The minimum Gasteiger partial charge on any atom is -0.504 e. The number of benzene rings is 2. The number of allylic oxidation sites excluding steroid dienone is 1. The van der Waals surface area contributed by atoms with Crippen molar-refractivity contribution >= 4 is 35.0 Å². The number of phenols is 1. The van der Waals surface area contributed by atoms with E-state index in [1.165, 1.54) is 22.0 Å². The summed E-state index contributed by atoms with van der Waals surface area (Å²) in [6, 6.07) is 11.2. The maximum atomic E-state index is 13.6. The van der Waals surface area contributed by atoms with Crippen LogP contribution in [0.25, 0.3) is 6.08 Å². The number of rotatable bonds is 6. The van der Waals surface area contributed by atoms with Crippen LogP contribution in [0.2, 0.25) is 5.02 Å². The molecule has 7 nitrogen and oxygen atoms in total. The second-order valence-corrected chi connectivity index (χ2v) is 8.90. The molecule has 176 valence electrons. The van der Waals surface area contributed by atoms with Crippen LogP contribution in [-0.4, -0.2) is 28.9 Å². The van der Waals surface area contributed by atoms with Crippen LogP contribution in [0.3, 0.4) is 0 Å². The summed E-state index contributed by atoms with van der Waals surface area (Å²) in [5.41, 5.74) is 1.73. The number of phenolic OH excluding ortho intramolecular Hbond substituents is 1. The van der Waals surface area contributed by atoms with Gasteiger partial charge < -0.3 is 14.6 Å². The Bertz CT molecular complexity index is 1470. The van der Waals surface area contributed by atoms with E-state index in [2.05, 4.69) is 4.99 Å². The van der Waals surface area contributed by atoms with Gasteiger partial charge in [-0.25, -0.2) is 9.79 Å². The Morgan fingerprint density at radius 3 is 2.71 bits per heavy atom. The van der Waals surface area contributed by atoms with Gasteiger partial charge in [0.05, 0.1) is 29.0 Å². The van der Waals surface area contributed by atoms with Gasteiger partial charge in [0, 0.05) is 5.02 Å². The van der Waals surface area contributed by atoms with Gasteiger partial charge in [-0.3, -0.25) is 9.36 Å². The molecule has 0 aliphatic carbocycles. The first-order valence-electron chi connectivity index (χ1n) is 10.8. The molecule has 0 saturated heterocycles. The molecule has 1 aliphatic rings. The normalized spacial score (nSPS) is 15.6. The van der Waals surface area contributed by atoms with Crippen molar-refractivity contribution in [3.8, 4) is 11.5 Å². The van der Waals surface area contributed by atoms with Gasteiger partial charge in [0.2, 0.25) is 0 Å². The first kappa shape index (κ1) is 23.8. The number of halogens is 1. The number of aromatic nitrogens is 1. The van der Waals surface area contributed by atoms with Crippen LogP contribution < -0.4 is 19.6 Å². The highest BCUT2D eigenvalue weighted by Gasteiger charge is 2.34. The Morgan fingerprint density at radius 1 is 1.24 bits per heavy atom. The quantitative estimate of drug-likeness (QED) is 0.525. The number of ether oxygens (including phenoxy) is 2. The van der Waals surface area contributed by atoms with Crippen molar-refractivity contribution in [2.24, 2.45) is 4.99 Å². The lowest BCUT2D eigenvalue weighted by molar-refractivity contribution is -0.139. The lowest BCUT2D eigenvalue weighted by atomic mass is 9.96.